The summed E-state index contributed by atoms with van der Waals surface area (Å²) in [5, 5.41) is 7.68. The Morgan fingerprint density at radius 1 is 1.30 bits per heavy atom. The molecule has 0 unspecified atom stereocenters. The van der Waals surface area contributed by atoms with E-state index in [9.17, 15) is 9.59 Å². The zero-order chi connectivity index (χ0) is 19.0. The van der Waals surface area contributed by atoms with E-state index in [0.717, 1.165) is 47.8 Å². The van der Waals surface area contributed by atoms with Gasteiger partial charge in [0.15, 0.2) is 6.61 Å². The van der Waals surface area contributed by atoms with Crippen molar-refractivity contribution in [1.29, 1.82) is 0 Å². The molecule has 0 saturated heterocycles. The highest BCUT2D eigenvalue weighted by Crippen LogP contribution is 2.32. The molecule has 7 heteroatoms. The van der Waals surface area contributed by atoms with Gasteiger partial charge >= 0.3 is 5.63 Å². The molecule has 0 aliphatic heterocycles. The molecule has 0 atom stereocenters. The number of amides is 1. The van der Waals surface area contributed by atoms with Crippen molar-refractivity contribution in [3.05, 3.63) is 51.6 Å². The van der Waals surface area contributed by atoms with E-state index in [1.165, 1.54) is 0 Å². The first-order chi connectivity index (χ1) is 13.0. The van der Waals surface area contributed by atoms with Crippen LogP contribution in [0.4, 0.5) is 5.69 Å². The minimum Gasteiger partial charge on any atom is -0.483 e. The molecule has 140 valence electrons. The molecule has 0 bridgehead atoms. The van der Waals surface area contributed by atoms with Crippen LogP contribution < -0.4 is 15.7 Å². The Balaban J connectivity index is 1.57. The van der Waals surface area contributed by atoms with Gasteiger partial charge in [-0.1, -0.05) is 0 Å². The summed E-state index contributed by atoms with van der Waals surface area (Å²) in [4.78, 5) is 24.4. The van der Waals surface area contributed by atoms with Crippen LogP contribution in [0.5, 0.6) is 5.75 Å². The van der Waals surface area contributed by atoms with Crippen molar-refractivity contribution >= 4 is 22.6 Å². The van der Waals surface area contributed by atoms with E-state index >= 15 is 0 Å². The van der Waals surface area contributed by atoms with Crippen LogP contribution in [0.1, 0.15) is 29.5 Å². The number of anilines is 1. The van der Waals surface area contributed by atoms with Crippen LogP contribution in [-0.4, -0.2) is 22.3 Å². The number of hydrogen-bond donors (Lipinski definition) is 1. The Hall–Kier alpha value is -3.09. The molecule has 1 N–H and O–H groups in total. The number of nitrogens with zero attached hydrogens (tertiary/aromatic N) is 2. The SMILES string of the molecule is Cc1c(OCC(=O)Nc2cnn(C)c2)ccc2c3c(c(=O)oc12)CCCC3. The molecular weight excluding hydrogens is 346 g/mol. The van der Waals surface area contributed by atoms with Crippen molar-refractivity contribution in [3.63, 3.8) is 0 Å². The summed E-state index contributed by atoms with van der Waals surface area (Å²) in [5.41, 5.74) is 3.53. The van der Waals surface area contributed by atoms with Gasteiger partial charge in [-0.3, -0.25) is 9.48 Å². The third-order valence-corrected chi connectivity index (χ3v) is 4.94. The van der Waals surface area contributed by atoms with Gasteiger partial charge in [-0.05, 0) is 50.3 Å². The first-order valence-electron chi connectivity index (χ1n) is 9.02. The van der Waals surface area contributed by atoms with Gasteiger partial charge in [-0.25, -0.2) is 4.79 Å². The van der Waals surface area contributed by atoms with Crippen LogP contribution in [0.15, 0.2) is 33.7 Å². The van der Waals surface area contributed by atoms with Crippen molar-refractivity contribution in [1.82, 2.24) is 9.78 Å². The lowest BCUT2D eigenvalue weighted by Crippen LogP contribution is -2.20. The van der Waals surface area contributed by atoms with Gasteiger partial charge in [-0.15, -0.1) is 0 Å². The summed E-state index contributed by atoms with van der Waals surface area (Å²) in [6, 6.07) is 3.76. The molecule has 0 radical (unpaired) electrons. The first-order valence-corrected chi connectivity index (χ1v) is 9.02. The average Bonchev–Trinajstić information content (AvgIpc) is 3.07. The standard InChI is InChI=1S/C20H21N3O4/c1-12-17(26-11-18(24)22-13-9-21-23(2)10-13)8-7-15-14-5-3-4-6-16(14)20(25)27-19(12)15/h7-10H,3-6,11H2,1-2H3,(H,22,24). The third-order valence-electron chi connectivity index (χ3n) is 4.94. The molecule has 1 aliphatic rings. The number of nitrogens with one attached hydrogen (secondary N) is 1. The second kappa shape index (κ2) is 6.90. The van der Waals surface area contributed by atoms with E-state index in [2.05, 4.69) is 10.4 Å². The Bertz CT molecular complexity index is 1080. The van der Waals surface area contributed by atoms with E-state index < -0.39 is 0 Å². The Labute approximate surface area is 155 Å². The molecule has 1 aliphatic carbocycles. The van der Waals surface area contributed by atoms with Crippen molar-refractivity contribution in [2.75, 3.05) is 11.9 Å². The number of ether oxygens (including phenoxy) is 1. The van der Waals surface area contributed by atoms with Crippen molar-refractivity contribution in [2.24, 2.45) is 7.05 Å². The van der Waals surface area contributed by atoms with Crippen molar-refractivity contribution < 1.29 is 13.9 Å². The predicted octanol–water partition coefficient (Wildman–Crippen LogP) is 2.73. The van der Waals surface area contributed by atoms with Crippen LogP contribution in [0.3, 0.4) is 0 Å². The van der Waals surface area contributed by atoms with Gasteiger partial charge in [0, 0.05) is 29.8 Å². The van der Waals surface area contributed by atoms with E-state index in [1.807, 2.05) is 19.1 Å². The van der Waals surface area contributed by atoms with E-state index in [4.69, 9.17) is 9.15 Å². The van der Waals surface area contributed by atoms with Crippen LogP contribution in [-0.2, 0) is 24.7 Å². The number of rotatable bonds is 4. The minimum absolute atomic E-state index is 0.142. The van der Waals surface area contributed by atoms with Crippen molar-refractivity contribution in [2.45, 2.75) is 32.6 Å². The zero-order valence-electron chi connectivity index (χ0n) is 15.4. The molecule has 2 aromatic heterocycles. The predicted molar refractivity (Wildman–Crippen MR) is 101 cm³/mol. The average molecular weight is 367 g/mol. The minimum atomic E-state index is -0.283. The normalized spacial score (nSPS) is 13.4. The molecule has 4 rings (SSSR count). The third kappa shape index (κ3) is 3.32. The first kappa shape index (κ1) is 17.3. The maximum atomic E-state index is 12.3. The Morgan fingerprint density at radius 2 is 2.07 bits per heavy atom. The highest BCUT2D eigenvalue weighted by Gasteiger charge is 2.20. The van der Waals surface area contributed by atoms with E-state index in [0.29, 0.717) is 17.0 Å². The maximum absolute atomic E-state index is 12.3. The number of fused-ring (bicyclic) bond motifs is 3. The lowest BCUT2D eigenvalue weighted by Gasteiger charge is -2.17. The molecule has 27 heavy (non-hydrogen) atoms. The second-order valence-corrected chi connectivity index (χ2v) is 6.86. The highest BCUT2D eigenvalue weighted by molar-refractivity contribution is 5.92. The number of aromatic nitrogens is 2. The van der Waals surface area contributed by atoms with Crippen LogP contribution in [0, 0.1) is 6.92 Å². The van der Waals surface area contributed by atoms with E-state index in [1.54, 1.807) is 24.1 Å². The lowest BCUT2D eigenvalue weighted by atomic mass is 9.90. The summed E-state index contributed by atoms with van der Waals surface area (Å²) in [7, 11) is 1.77. The van der Waals surface area contributed by atoms with Gasteiger partial charge < -0.3 is 14.5 Å². The van der Waals surface area contributed by atoms with Crippen LogP contribution >= 0.6 is 0 Å². The smallest absolute Gasteiger partial charge is 0.339 e. The second-order valence-electron chi connectivity index (χ2n) is 6.86. The fourth-order valence-corrected chi connectivity index (χ4v) is 3.61. The topological polar surface area (TPSA) is 86.4 Å². The van der Waals surface area contributed by atoms with Crippen molar-refractivity contribution in [3.8, 4) is 5.75 Å². The van der Waals surface area contributed by atoms with Gasteiger partial charge in [-0.2, -0.15) is 5.10 Å². The summed E-state index contributed by atoms with van der Waals surface area (Å²) in [6.45, 7) is 1.70. The molecule has 0 saturated carbocycles. The Kier molecular flexibility index (Phi) is 4.43. The number of benzene rings is 1. The molecule has 0 spiro atoms. The largest absolute Gasteiger partial charge is 0.483 e. The molecular formula is C20H21N3O4. The molecule has 0 fully saturated rings. The number of aryl methyl sites for hydroxylation is 3. The van der Waals surface area contributed by atoms with Gasteiger partial charge in [0.2, 0.25) is 0 Å². The quantitative estimate of drug-likeness (QED) is 0.717. The van der Waals surface area contributed by atoms with Gasteiger partial charge in [0.05, 0.1) is 11.9 Å². The fourth-order valence-electron chi connectivity index (χ4n) is 3.61. The summed E-state index contributed by atoms with van der Waals surface area (Å²) >= 11 is 0. The molecule has 3 aromatic rings. The van der Waals surface area contributed by atoms with Crippen LogP contribution in [0.25, 0.3) is 11.0 Å². The molecule has 1 aromatic carbocycles. The van der Waals surface area contributed by atoms with Gasteiger partial charge in [0.1, 0.15) is 11.3 Å². The summed E-state index contributed by atoms with van der Waals surface area (Å²) < 4.78 is 12.9. The monoisotopic (exact) mass is 367 g/mol. The van der Waals surface area contributed by atoms with Gasteiger partial charge in [0.25, 0.3) is 5.91 Å². The van der Waals surface area contributed by atoms with E-state index in [-0.39, 0.29) is 18.1 Å². The lowest BCUT2D eigenvalue weighted by molar-refractivity contribution is -0.118. The summed E-state index contributed by atoms with van der Waals surface area (Å²) in [5.74, 6) is 0.247. The molecule has 7 nitrogen and oxygen atoms in total. The number of hydrogen-bond acceptors (Lipinski definition) is 5. The fraction of sp³-hybridized carbons (Fsp3) is 0.350. The molecule has 2 heterocycles. The zero-order valence-corrected chi connectivity index (χ0v) is 15.4. The Morgan fingerprint density at radius 3 is 2.81 bits per heavy atom. The highest BCUT2D eigenvalue weighted by atomic mass is 16.5. The summed E-state index contributed by atoms with van der Waals surface area (Å²) in [6.07, 6.45) is 7.05. The maximum Gasteiger partial charge on any atom is 0.339 e. The number of carbonyl (C=O) groups is 1. The van der Waals surface area contributed by atoms with Crippen LogP contribution in [0.2, 0.25) is 0 Å². The molecule has 1 amide bonds. The number of carbonyl (C=O) groups excluding carboxylic acids is 1.